The number of nitrogens with one attached hydrogen (secondary N) is 1. The zero-order chi connectivity index (χ0) is 14.0. The smallest absolute Gasteiger partial charge is 0.298 e. The number of alkyl halides is 2. The highest BCUT2D eigenvalue weighted by molar-refractivity contribution is 5.83. The summed E-state index contributed by atoms with van der Waals surface area (Å²) in [5.74, 6) is -3.10. The van der Waals surface area contributed by atoms with Crippen molar-refractivity contribution in [2.45, 2.75) is 5.92 Å². The van der Waals surface area contributed by atoms with E-state index < -0.39 is 23.9 Å². The van der Waals surface area contributed by atoms with Crippen molar-refractivity contribution < 1.29 is 18.1 Å². The number of oxazole rings is 1. The number of fused-ring (bicyclic) bond motifs is 1. The van der Waals surface area contributed by atoms with Gasteiger partial charge in [0.25, 0.3) is 17.6 Å². The monoisotopic (exact) mass is 272 g/mol. The van der Waals surface area contributed by atoms with E-state index in [2.05, 4.69) is 10.3 Å². The van der Waals surface area contributed by atoms with Gasteiger partial charge in [-0.25, -0.2) is 8.78 Å². The third kappa shape index (κ3) is 2.76. The third-order valence-corrected chi connectivity index (χ3v) is 2.39. The highest BCUT2D eigenvalue weighted by Crippen LogP contribution is 2.27. The molecule has 7 nitrogen and oxygen atoms in total. The number of benzene rings is 1. The molecule has 0 radical (unpaired) electrons. The lowest BCUT2D eigenvalue weighted by molar-refractivity contribution is -0.383. The van der Waals surface area contributed by atoms with E-state index in [-0.39, 0.29) is 22.8 Å². The Labute approximate surface area is 105 Å². The van der Waals surface area contributed by atoms with Gasteiger partial charge in [-0.05, 0) is 6.07 Å². The number of nitrogens with two attached hydrogens (primary N) is 1. The summed E-state index contributed by atoms with van der Waals surface area (Å²) in [6.45, 7) is -1.58. The summed E-state index contributed by atoms with van der Waals surface area (Å²) in [4.78, 5) is 13.9. The van der Waals surface area contributed by atoms with Crippen LogP contribution in [0.2, 0.25) is 0 Å². The van der Waals surface area contributed by atoms with Crippen LogP contribution in [0.1, 0.15) is 0 Å². The largest absolute Gasteiger partial charge is 0.423 e. The van der Waals surface area contributed by atoms with Gasteiger partial charge in [-0.1, -0.05) is 6.07 Å². The van der Waals surface area contributed by atoms with E-state index in [1.807, 2.05) is 0 Å². The molecule has 2 aromatic rings. The van der Waals surface area contributed by atoms with Crippen LogP contribution >= 0.6 is 0 Å². The molecule has 9 heteroatoms. The van der Waals surface area contributed by atoms with Gasteiger partial charge >= 0.3 is 0 Å². The molecule has 0 saturated carbocycles. The van der Waals surface area contributed by atoms with Crippen molar-refractivity contribution >= 4 is 22.8 Å². The van der Waals surface area contributed by atoms with E-state index in [4.69, 9.17) is 10.2 Å². The molecular formula is C10H10F2N4O3. The lowest BCUT2D eigenvalue weighted by atomic mass is 10.3. The Hall–Kier alpha value is -2.29. The van der Waals surface area contributed by atoms with Crippen LogP contribution in [-0.2, 0) is 0 Å². The number of rotatable bonds is 5. The number of para-hydroxylation sites is 1. The lowest BCUT2D eigenvalue weighted by Gasteiger charge is -2.12. The number of hydrogen-bond donors (Lipinski definition) is 2. The molecule has 0 saturated heterocycles. The van der Waals surface area contributed by atoms with Gasteiger partial charge in [0.1, 0.15) is 0 Å². The second-order valence-corrected chi connectivity index (χ2v) is 3.81. The van der Waals surface area contributed by atoms with Crippen molar-refractivity contribution in [3.05, 3.63) is 28.3 Å². The maximum atomic E-state index is 12.9. The standard InChI is InChI=1S/C10H10F2N4O3/c11-10(12,4-13)5-14-9-15-8-6(16(17)18)2-1-3-7(8)19-9/h1-3H,4-5,13H2,(H,14,15). The van der Waals surface area contributed by atoms with Crippen LogP contribution < -0.4 is 11.1 Å². The molecule has 0 atom stereocenters. The lowest BCUT2D eigenvalue weighted by Crippen LogP contribution is -2.35. The van der Waals surface area contributed by atoms with Crippen molar-refractivity contribution in [3.8, 4) is 0 Å². The van der Waals surface area contributed by atoms with Gasteiger partial charge in [0.2, 0.25) is 0 Å². The number of nitrogens with zero attached hydrogens (tertiary/aromatic N) is 2. The van der Waals surface area contributed by atoms with Gasteiger partial charge in [0.15, 0.2) is 11.1 Å². The third-order valence-electron chi connectivity index (χ3n) is 2.39. The minimum atomic E-state index is -3.10. The van der Waals surface area contributed by atoms with Crippen LogP contribution in [0.3, 0.4) is 0 Å². The first kappa shape index (κ1) is 13.1. The van der Waals surface area contributed by atoms with E-state index in [1.54, 1.807) is 0 Å². The normalized spacial score (nSPS) is 11.7. The second-order valence-electron chi connectivity index (χ2n) is 3.81. The van der Waals surface area contributed by atoms with Crippen LogP contribution in [-0.4, -0.2) is 28.9 Å². The number of nitro groups is 1. The second kappa shape index (κ2) is 4.76. The average molecular weight is 272 g/mol. The number of non-ortho nitro benzene ring substituents is 1. The summed E-state index contributed by atoms with van der Waals surface area (Å²) in [6.07, 6.45) is 0. The molecule has 1 aromatic carbocycles. The SMILES string of the molecule is NCC(F)(F)CNc1nc2c([N+](=O)[O-])cccc2o1. The van der Waals surface area contributed by atoms with Gasteiger partial charge in [-0.15, -0.1) is 0 Å². The molecule has 3 N–H and O–H groups in total. The number of aromatic nitrogens is 1. The summed E-state index contributed by atoms with van der Waals surface area (Å²) >= 11 is 0. The summed E-state index contributed by atoms with van der Waals surface area (Å²) in [7, 11) is 0. The fourth-order valence-electron chi connectivity index (χ4n) is 1.43. The predicted molar refractivity (Wildman–Crippen MR) is 63.2 cm³/mol. The molecule has 0 aliphatic carbocycles. The van der Waals surface area contributed by atoms with Crippen molar-refractivity contribution in [1.29, 1.82) is 0 Å². The fourth-order valence-corrected chi connectivity index (χ4v) is 1.43. The Morgan fingerprint density at radius 1 is 1.53 bits per heavy atom. The van der Waals surface area contributed by atoms with Crippen LogP contribution in [0.15, 0.2) is 22.6 Å². The van der Waals surface area contributed by atoms with E-state index >= 15 is 0 Å². The van der Waals surface area contributed by atoms with Crippen molar-refractivity contribution in [2.75, 3.05) is 18.4 Å². The first-order chi connectivity index (χ1) is 8.93. The van der Waals surface area contributed by atoms with E-state index in [0.29, 0.717) is 0 Å². The minimum absolute atomic E-state index is 0.00562. The van der Waals surface area contributed by atoms with Gasteiger partial charge in [-0.3, -0.25) is 10.1 Å². The van der Waals surface area contributed by atoms with Crippen LogP contribution in [0.25, 0.3) is 11.1 Å². The molecule has 0 aliphatic heterocycles. The number of hydrogen-bond acceptors (Lipinski definition) is 6. The molecule has 0 spiro atoms. The molecule has 0 fully saturated rings. The Morgan fingerprint density at radius 2 is 2.26 bits per heavy atom. The highest BCUT2D eigenvalue weighted by atomic mass is 19.3. The van der Waals surface area contributed by atoms with Gasteiger partial charge < -0.3 is 15.5 Å². The zero-order valence-corrected chi connectivity index (χ0v) is 9.60. The van der Waals surface area contributed by atoms with Gasteiger partial charge in [-0.2, -0.15) is 4.98 Å². The average Bonchev–Trinajstić information content (AvgIpc) is 2.79. The fraction of sp³-hybridized carbons (Fsp3) is 0.300. The molecule has 2 rings (SSSR count). The predicted octanol–water partition coefficient (Wildman–Crippen LogP) is 1.74. The summed E-state index contributed by atoms with van der Waals surface area (Å²) in [5.41, 5.74) is 4.78. The summed E-state index contributed by atoms with van der Waals surface area (Å²) < 4.78 is 31.0. The van der Waals surface area contributed by atoms with Crippen LogP contribution in [0.4, 0.5) is 20.5 Å². The molecule has 0 aliphatic rings. The number of anilines is 1. The zero-order valence-electron chi connectivity index (χ0n) is 9.60. The van der Waals surface area contributed by atoms with Gasteiger partial charge in [0.05, 0.1) is 18.0 Å². The topological polar surface area (TPSA) is 107 Å². The summed E-state index contributed by atoms with van der Waals surface area (Å²) in [6, 6.07) is 3.92. The minimum Gasteiger partial charge on any atom is -0.423 e. The molecule has 0 unspecified atom stereocenters. The van der Waals surface area contributed by atoms with E-state index in [1.165, 1.54) is 18.2 Å². The van der Waals surface area contributed by atoms with Crippen LogP contribution in [0.5, 0.6) is 0 Å². The number of nitro benzene ring substituents is 1. The van der Waals surface area contributed by atoms with Crippen molar-refractivity contribution in [1.82, 2.24) is 4.98 Å². The Morgan fingerprint density at radius 3 is 2.89 bits per heavy atom. The quantitative estimate of drug-likeness (QED) is 0.634. The Bertz CT molecular complexity index is 614. The molecule has 19 heavy (non-hydrogen) atoms. The van der Waals surface area contributed by atoms with E-state index in [9.17, 15) is 18.9 Å². The van der Waals surface area contributed by atoms with Gasteiger partial charge in [0, 0.05) is 6.07 Å². The summed E-state index contributed by atoms with van der Waals surface area (Å²) in [5, 5.41) is 13.0. The van der Waals surface area contributed by atoms with E-state index in [0.717, 1.165) is 0 Å². The molecule has 102 valence electrons. The molecular weight excluding hydrogens is 262 g/mol. The van der Waals surface area contributed by atoms with Crippen molar-refractivity contribution in [2.24, 2.45) is 5.73 Å². The molecule has 0 amide bonds. The maximum absolute atomic E-state index is 12.9. The first-order valence-electron chi connectivity index (χ1n) is 5.29. The number of halogens is 2. The maximum Gasteiger partial charge on any atom is 0.298 e. The molecule has 0 bridgehead atoms. The Kier molecular flexibility index (Phi) is 3.30. The molecule has 1 aromatic heterocycles. The first-order valence-corrected chi connectivity index (χ1v) is 5.29. The molecule has 1 heterocycles. The Balaban J connectivity index is 2.27. The van der Waals surface area contributed by atoms with Crippen molar-refractivity contribution in [3.63, 3.8) is 0 Å². The highest BCUT2D eigenvalue weighted by Gasteiger charge is 2.27. The van der Waals surface area contributed by atoms with Crippen LogP contribution in [0, 0.1) is 10.1 Å².